The smallest absolute Gasteiger partial charge is 0.432 e. The van der Waals surface area contributed by atoms with E-state index in [9.17, 15) is 35.9 Å². The van der Waals surface area contributed by atoms with Crippen molar-refractivity contribution < 1.29 is 54.9 Å². The van der Waals surface area contributed by atoms with Crippen LogP contribution >= 0.6 is 0 Å². The standard InChI is InChI=1S/C47H70F6O6/c1-5-7-9-10-11-12-13-14-15-16-17-18-19-20-21-22-30-36-41(59-43(55)45(57-4,47(51,52)53)39-33-28-24-29-34-39)37-40(35-25-8-6-2)58-42(54)44(56-3,46(48,49)50)38-31-26-23-27-32-38/h23-24,26-29,31-34,40-41H,5-22,25,30,35-37H2,1-4H3/t40-,41+,44?,45?/m1/s1. The lowest BCUT2D eigenvalue weighted by atomic mass is 9.92. The van der Waals surface area contributed by atoms with Crippen LogP contribution in [0.4, 0.5) is 26.3 Å². The maximum absolute atomic E-state index is 14.8. The van der Waals surface area contributed by atoms with Crippen LogP contribution in [0.3, 0.4) is 0 Å². The zero-order chi connectivity index (χ0) is 43.6. The largest absolute Gasteiger partial charge is 0.460 e. The number of hydrogen-bond acceptors (Lipinski definition) is 6. The Morgan fingerprint density at radius 2 is 0.729 bits per heavy atom. The molecule has 336 valence electrons. The van der Waals surface area contributed by atoms with Gasteiger partial charge >= 0.3 is 24.3 Å². The van der Waals surface area contributed by atoms with Gasteiger partial charge in [0.1, 0.15) is 12.2 Å². The molecule has 0 saturated carbocycles. The molecule has 0 bridgehead atoms. The van der Waals surface area contributed by atoms with Gasteiger partial charge in [-0.3, -0.25) is 0 Å². The Hall–Kier alpha value is -3.12. The van der Waals surface area contributed by atoms with E-state index in [-0.39, 0.29) is 19.3 Å². The number of hydrogen-bond donors (Lipinski definition) is 0. The number of ether oxygens (including phenoxy) is 4. The van der Waals surface area contributed by atoms with Gasteiger partial charge in [0, 0.05) is 31.8 Å². The minimum absolute atomic E-state index is 0.0898. The highest BCUT2D eigenvalue weighted by Gasteiger charge is 2.65. The van der Waals surface area contributed by atoms with Crippen LogP contribution in [-0.2, 0) is 39.7 Å². The van der Waals surface area contributed by atoms with Gasteiger partial charge in [-0.25, -0.2) is 9.59 Å². The molecule has 6 nitrogen and oxygen atoms in total. The maximum Gasteiger partial charge on any atom is 0.432 e. The van der Waals surface area contributed by atoms with Crippen molar-refractivity contribution in [1.82, 2.24) is 0 Å². The molecule has 0 aliphatic rings. The van der Waals surface area contributed by atoms with E-state index in [0.29, 0.717) is 25.7 Å². The summed E-state index contributed by atoms with van der Waals surface area (Å²) in [6, 6.07) is 12.8. The average molecular weight is 845 g/mol. The Morgan fingerprint density at radius 1 is 0.458 bits per heavy atom. The highest BCUT2D eigenvalue weighted by molar-refractivity contribution is 5.83. The molecular formula is C47H70F6O6. The number of rotatable bonds is 32. The zero-order valence-electron chi connectivity index (χ0n) is 35.9. The van der Waals surface area contributed by atoms with Crippen LogP contribution in [0.5, 0.6) is 0 Å². The first-order chi connectivity index (χ1) is 28.2. The number of alkyl halides is 6. The second-order valence-corrected chi connectivity index (χ2v) is 15.7. The lowest BCUT2D eigenvalue weighted by Crippen LogP contribution is -2.53. The molecule has 0 spiro atoms. The van der Waals surface area contributed by atoms with Crippen molar-refractivity contribution in [3.8, 4) is 0 Å². The van der Waals surface area contributed by atoms with Gasteiger partial charge in [-0.2, -0.15) is 26.3 Å². The van der Waals surface area contributed by atoms with Gasteiger partial charge in [0.15, 0.2) is 0 Å². The Bertz CT molecular complexity index is 1410. The van der Waals surface area contributed by atoms with Crippen LogP contribution in [-0.4, -0.2) is 50.7 Å². The van der Waals surface area contributed by atoms with Crippen molar-refractivity contribution in [2.75, 3.05) is 14.2 Å². The van der Waals surface area contributed by atoms with E-state index in [0.717, 1.165) is 70.6 Å². The van der Waals surface area contributed by atoms with E-state index < -0.39 is 58.8 Å². The fourth-order valence-corrected chi connectivity index (χ4v) is 7.70. The summed E-state index contributed by atoms with van der Waals surface area (Å²) < 4.78 is 110. The monoisotopic (exact) mass is 845 g/mol. The Kier molecular flexibility index (Phi) is 24.4. The molecule has 4 atom stereocenters. The summed E-state index contributed by atoms with van der Waals surface area (Å²) in [6.07, 6.45) is 8.13. The Morgan fingerprint density at radius 3 is 1.02 bits per heavy atom. The van der Waals surface area contributed by atoms with Crippen molar-refractivity contribution in [1.29, 1.82) is 0 Å². The summed E-state index contributed by atoms with van der Waals surface area (Å²) in [5.41, 5.74) is -7.91. The SMILES string of the molecule is CCCCCCCCCCCCCCCCCCC[C@@H](C[C@@H](CCCCC)OC(=O)C(OC)(c1ccccc1)C(F)(F)F)OC(=O)C(OC)(c1ccccc1)C(F)(F)F. The number of benzene rings is 2. The van der Waals surface area contributed by atoms with Crippen molar-refractivity contribution in [2.45, 2.75) is 197 Å². The van der Waals surface area contributed by atoms with E-state index >= 15 is 0 Å². The number of esters is 2. The van der Waals surface area contributed by atoms with Gasteiger partial charge in [0.25, 0.3) is 11.2 Å². The Balaban J connectivity index is 2.18. The van der Waals surface area contributed by atoms with E-state index in [1.165, 1.54) is 107 Å². The molecule has 0 amide bonds. The molecule has 59 heavy (non-hydrogen) atoms. The lowest BCUT2D eigenvalue weighted by Gasteiger charge is -2.35. The second-order valence-electron chi connectivity index (χ2n) is 15.7. The topological polar surface area (TPSA) is 71.1 Å². The molecular weight excluding hydrogens is 774 g/mol. The van der Waals surface area contributed by atoms with Crippen LogP contribution in [0.1, 0.15) is 173 Å². The molecule has 0 saturated heterocycles. The average Bonchev–Trinajstić information content (AvgIpc) is 3.19. The molecule has 0 heterocycles. The van der Waals surface area contributed by atoms with Gasteiger partial charge in [0.05, 0.1) is 0 Å². The fourth-order valence-electron chi connectivity index (χ4n) is 7.70. The summed E-state index contributed by atoms with van der Waals surface area (Å²) in [7, 11) is 1.54. The molecule has 2 aromatic carbocycles. The molecule has 0 aliphatic heterocycles. The van der Waals surface area contributed by atoms with Crippen LogP contribution in [0, 0.1) is 0 Å². The van der Waals surface area contributed by atoms with Gasteiger partial charge in [-0.15, -0.1) is 0 Å². The highest BCUT2D eigenvalue weighted by atomic mass is 19.4. The minimum Gasteiger partial charge on any atom is -0.460 e. The number of carbonyl (C=O) groups is 2. The van der Waals surface area contributed by atoms with Gasteiger partial charge in [-0.1, -0.05) is 190 Å². The number of halogens is 6. The molecule has 0 aromatic heterocycles. The first-order valence-corrected chi connectivity index (χ1v) is 22.0. The summed E-state index contributed by atoms with van der Waals surface area (Å²) in [5, 5.41) is 0. The zero-order valence-corrected chi connectivity index (χ0v) is 35.9. The molecule has 0 N–H and O–H groups in total. The molecule has 12 heteroatoms. The third-order valence-electron chi connectivity index (χ3n) is 11.2. The number of carbonyl (C=O) groups excluding carboxylic acids is 2. The normalized spacial score (nSPS) is 15.2. The summed E-state index contributed by atoms with van der Waals surface area (Å²) in [5.74, 6) is -3.42. The first-order valence-electron chi connectivity index (χ1n) is 22.0. The van der Waals surface area contributed by atoms with Gasteiger partial charge in [-0.05, 0) is 25.7 Å². The maximum atomic E-state index is 14.8. The van der Waals surface area contributed by atoms with E-state index in [4.69, 9.17) is 18.9 Å². The van der Waals surface area contributed by atoms with Crippen molar-refractivity contribution in [3.05, 3.63) is 71.8 Å². The predicted octanol–water partition coefficient (Wildman–Crippen LogP) is 14.0. The first kappa shape index (κ1) is 52.0. The molecule has 0 aliphatic carbocycles. The Labute approximate surface area is 349 Å². The van der Waals surface area contributed by atoms with Crippen LogP contribution in [0.15, 0.2) is 60.7 Å². The van der Waals surface area contributed by atoms with Crippen LogP contribution in [0.2, 0.25) is 0 Å². The fraction of sp³-hybridized carbons (Fsp3) is 0.702. The number of methoxy groups -OCH3 is 2. The van der Waals surface area contributed by atoms with Crippen LogP contribution < -0.4 is 0 Å². The third-order valence-corrected chi connectivity index (χ3v) is 11.2. The van der Waals surface area contributed by atoms with Gasteiger partial charge in [0.2, 0.25) is 0 Å². The summed E-state index contributed by atoms with van der Waals surface area (Å²) in [4.78, 5) is 27.5. The molecule has 0 fully saturated rings. The molecule has 2 unspecified atom stereocenters. The van der Waals surface area contributed by atoms with E-state index in [1.54, 1.807) is 0 Å². The van der Waals surface area contributed by atoms with Crippen molar-refractivity contribution >= 4 is 11.9 Å². The minimum atomic E-state index is -5.23. The molecule has 2 aromatic rings. The second kappa shape index (κ2) is 27.7. The lowest BCUT2D eigenvalue weighted by molar-refractivity contribution is -0.279. The predicted molar refractivity (Wildman–Crippen MR) is 220 cm³/mol. The summed E-state index contributed by atoms with van der Waals surface area (Å²) in [6.45, 7) is 4.15. The van der Waals surface area contributed by atoms with Gasteiger partial charge < -0.3 is 18.9 Å². The molecule has 0 radical (unpaired) electrons. The quantitative estimate of drug-likeness (QED) is 0.0415. The van der Waals surface area contributed by atoms with Crippen molar-refractivity contribution in [3.63, 3.8) is 0 Å². The van der Waals surface area contributed by atoms with Crippen molar-refractivity contribution in [2.24, 2.45) is 0 Å². The highest BCUT2D eigenvalue weighted by Crippen LogP contribution is 2.45. The molecule has 2 rings (SSSR count). The number of unbranched alkanes of at least 4 members (excludes halogenated alkanes) is 18. The van der Waals surface area contributed by atoms with E-state index in [2.05, 4.69) is 6.92 Å². The third kappa shape index (κ3) is 16.4. The van der Waals surface area contributed by atoms with Crippen LogP contribution in [0.25, 0.3) is 0 Å². The summed E-state index contributed by atoms with van der Waals surface area (Å²) >= 11 is 0. The van der Waals surface area contributed by atoms with E-state index in [1.807, 2.05) is 6.92 Å².